The van der Waals surface area contributed by atoms with E-state index in [1.165, 1.54) is 6.07 Å². The molecule has 27 heavy (non-hydrogen) atoms. The molecule has 0 N–H and O–H groups in total. The zero-order chi connectivity index (χ0) is 20.6. The highest BCUT2D eigenvalue weighted by Gasteiger charge is 2.15. The van der Waals surface area contributed by atoms with Gasteiger partial charge in [0.2, 0.25) is 0 Å². The van der Waals surface area contributed by atoms with E-state index in [0.29, 0.717) is 11.9 Å². The lowest BCUT2D eigenvalue weighted by Gasteiger charge is -2.11. The van der Waals surface area contributed by atoms with E-state index >= 15 is 0 Å². The van der Waals surface area contributed by atoms with Gasteiger partial charge in [0.25, 0.3) is 15.8 Å². The molecule has 0 amide bonds. The number of anilines is 1. The van der Waals surface area contributed by atoms with Crippen LogP contribution in [0.3, 0.4) is 0 Å². The van der Waals surface area contributed by atoms with Crippen molar-refractivity contribution < 1.29 is 27.5 Å². The molecule has 0 radical (unpaired) electrons. The van der Waals surface area contributed by atoms with Crippen molar-refractivity contribution in [2.24, 2.45) is 17.3 Å². The van der Waals surface area contributed by atoms with E-state index in [9.17, 15) is 18.5 Å². The first kappa shape index (κ1) is 22.1. The minimum atomic E-state index is -3.72. The van der Waals surface area contributed by atoms with Crippen LogP contribution in [0.4, 0.5) is 22.7 Å². The van der Waals surface area contributed by atoms with Gasteiger partial charge in [-0.1, -0.05) is 0 Å². The van der Waals surface area contributed by atoms with Gasteiger partial charge in [-0.05, 0) is 18.2 Å². The molecule has 0 spiro atoms. The molecular weight excluding hydrogens is 378 g/mol. The predicted octanol–water partition coefficient (Wildman–Crippen LogP) is 1.14. The second kappa shape index (κ2) is 9.66. The zero-order valence-corrected chi connectivity index (χ0v) is 16.0. The fourth-order valence-electron chi connectivity index (χ4n) is 1.76. The highest BCUT2D eigenvalue weighted by Crippen LogP contribution is 2.32. The number of azo groups is 1. The smallest absolute Gasteiger partial charge is 0.298 e. The van der Waals surface area contributed by atoms with Crippen molar-refractivity contribution in [3.63, 3.8) is 0 Å². The van der Waals surface area contributed by atoms with Crippen LogP contribution in [-0.2, 0) is 21.5 Å². The summed E-state index contributed by atoms with van der Waals surface area (Å²) >= 11 is 0. The summed E-state index contributed by atoms with van der Waals surface area (Å²) < 4.78 is 23.4. The largest absolute Gasteiger partial charge is 0.707 e. The molecule has 12 heteroatoms. The van der Waals surface area contributed by atoms with Gasteiger partial charge < -0.3 is 14.5 Å². The number of nitrogens with zero attached hydrogens (tertiary/aromatic N) is 5. The summed E-state index contributed by atoms with van der Waals surface area (Å²) in [4.78, 5) is 12.5. The average Bonchev–Trinajstić information content (AvgIpc) is 2.59. The van der Waals surface area contributed by atoms with Crippen molar-refractivity contribution >= 4 is 32.9 Å². The third-order valence-corrected chi connectivity index (χ3v) is 3.24. The Hall–Kier alpha value is -2.96. The third kappa shape index (κ3) is 7.85. The van der Waals surface area contributed by atoms with Gasteiger partial charge in [0.1, 0.15) is 12.7 Å². The lowest BCUT2D eigenvalue weighted by atomic mass is 10.2. The molecular formula is C15H19N5O6S. The van der Waals surface area contributed by atoms with E-state index in [-0.39, 0.29) is 11.4 Å². The van der Waals surface area contributed by atoms with Gasteiger partial charge in [-0.3, -0.25) is 10.1 Å². The first-order valence-electron chi connectivity index (χ1n) is 7.37. The predicted molar refractivity (Wildman–Crippen MR) is 95.1 cm³/mol. The first-order chi connectivity index (χ1) is 12.5. The Morgan fingerprint density at radius 3 is 2.33 bits per heavy atom. The van der Waals surface area contributed by atoms with E-state index in [0.717, 1.165) is 5.69 Å². The van der Waals surface area contributed by atoms with Crippen molar-refractivity contribution in [2.75, 3.05) is 25.3 Å². The molecule has 0 unspecified atom stereocenters. The fourth-order valence-corrected chi connectivity index (χ4v) is 1.76. The Bertz CT molecular complexity index is 930. The minimum Gasteiger partial charge on any atom is -0.707 e. The third-order valence-electron chi connectivity index (χ3n) is 2.99. The Morgan fingerprint density at radius 1 is 1.22 bits per heavy atom. The molecule has 0 aliphatic rings. The molecule has 0 bridgehead atoms. The number of hydrogen-bond acceptors (Lipinski definition) is 9. The zero-order valence-electron chi connectivity index (χ0n) is 15.1. The van der Waals surface area contributed by atoms with Crippen LogP contribution in [0.15, 0.2) is 53.0 Å². The Morgan fingerprint density at radius 2 is 1.85 bits per heavy atom. The van der Waals surface area contributed by atoms with Crippen molar-refractivity contribution in [3.8, 4) is 0 Å². The molecule has 0 aliphatic carbocycles. The average molecular weight is 397 g/mol. The summed E-state index contributed by atoms with van der Waals surface area (Å²) in [6.45, 7) is 0. The number of aryl methyl sites for hydroxylation is 1. The van der Waals surface area contributed by atoms with Crippen LogP contribution < -0.4 is 14.7 Å². The maximum Gasteiger partial charge on any atom is 0.298 e. The number of nitro groups is 1. The Labute approximate surface area is 156 Å². The van der Waals surface area contributed by atoms with Gasteiger partial charge in [0.05, 0.1) is 11.2 Å². The molecule has 11 nitrogen and oxygen atoms in total. The number of rotatable bonds is 5. The highest BCUT2D eigenvalue weighted by molar-refractivity contribution is 7.85. The molecule has 0 saturated carbocycles. The van der Waals surface area contributed by atoms with Gasteiger partial charge in [0.15, 0.2) is 18.1 Å². The molecule has 2 aromatic rings. The standard InChI is InChI=1S/C14H16N5O2.CH4O4S/c1-17(2)12-6-7-13(14(9-12)19(20)21)16-15-11-5-4-8-18(3)10-11;1-6(3,4)5-2/h4-10H,1-3H3;2H,1H3/q+1;/p-1. The van der Waals surface area contributed by atoms with Crippen LogP contribution in [0.25, 0.3) is 0 Å². The van der Waals surface area contributed by atoms with Crippen molar-refractivity contribution in [2.45, 2.75) is 0 Å². The fraction of sp³-hybridized carbons (Fsp3) is 0.267. The summed E-state index contributed by atoms with van der Waals surface area (Å²) in [5.41, 5.74) is 1.54. The molecule has 0 saturated heterocycles. The number of nitro benzene ring substituents is 1. The molecule has 0 aliphatic heterocycles. The lowest BCUT2D eigenvalue weighted by Crippen LogP contribution is -2.25. The van der Waals surface area contributed by atoms with Crippen molar-refractivity contribution in [1.82, 2.24) is 0 Å². The lowest BCUT2D eigenvalue weighted by molar-refractivity contribution is -0.670. The monoisotopic (exact) mass is 397 g/mol. The maximum absolute atomic E-state index is 11.1. The molecule has 1 heterocycles. The molecule has 0 atom stereocenters. The minimum absolute atomic E-state index is 0.0646. The van der Waals surface area contributed by atoms with Crippen LogP contribution in [0, 0.1) is 10.1 Å². The van der Waals surface area contributed by atoms with Gasteiger partial charge in [-0.15, -0.1) is 10.2 Å². The summed E-state index contributed by atoms with van der Waals surface area (Å²) in [6, 6.07) is 8.47. The van der Waals surface area contributed by atoms with Gasteiger partial charge in [-0.2, -0.15) is 0 Å². The van der Waals surface area contributed by atoms with Gasteiger partial charge in [0, 0.05) is 31.9 Å². The normalized spacial score (nSPS) is 11.0. The van der Waals surface area contributed by atoms with Gasteiger partial charge >= 0.3 is 0 Å². The molecule has 146 valence electrons. The van der Waals surface area contributed by atoms with Gasteiger partial charge in [-0.25, -0.2) is 13.0 Å². The number of pyridine rings is 1. The second-order valence-electron chi connectivity index (χ2n) is 5.52. The molecule has 1 aromatic heterocycles. The Kier molecular flexibility index (Phi) is 7.90. The van der Waals surface area contributed by atoms with E-state index in [1.54, 1.807) is 29.3 Å². The summed E-state index contributed by atoms with van der Waals surface area (Å²) in [6.07, 6.45) is 4.33. The Balaban J connectivity index is 0.000000527. The number of aromatic nitrogens is 1. The molecule has 0 fully saturated rings. The van der Waals surface area contributed by atoms with E-state index < -0.39 is 15.0 Å². The van der Waals surface area contributed by atoms with Crippen LogP contribution in [0.2, 0.25) is 0 Å². The summed E-state index contributed by atoms with van der Waals surface area (Å²) in [7, 11) is 1.80. The van der Waals surface area contributed by atoms with Crippen molar-refractivity contribution in [3.05, 3.63) is 52.8 Å². The SMILES string of the molecule is CN(C)c1ccc(N=Nc2ccc[n+](C)c2)c([N+](=O)[O-])c1.CS(=O)(=O)O[O-]. The van der Waals surface area contributed by atoms with Crippen molar-refractivity contribution in [1.29, 1.82) is 0 Å². The van der Waals surface area contributed by atoms with Crippen LogP contribution in [0.5, 0.6) is 0 Å². The molecule has 2 rings (SSSR count). The van der Waals surface area contributed by atoms with E-state index in [1.807, 2.05) is 38.0 Å². The van der Waals surface area contributed by atoms with Crippen LogP contribution in [-0.4, -0.2) is 33.7 Å². The first-order valence-corrected chi connectivity index (χ1v) is 9.19. The van der Waals surface area contributed by atoms with E-state index in [4.69, 9.17) is 5.26 Å². The second-order valence-corrected chi connectivity index (χ2v) is 7.07. The summed E-state index contributed by atoms with van der Waals surface area (Å²) in [5, 5.41) is 28.0. The van der Waals surface area contributed by atoms with E-state index in [2.05, 4.69) is 14.6 Å². The topological polar surface area (TPSA) is 141 Å². The van der Waals surface area contributed by atoms with Crippen LogP contribution in [0.1, 0.15) is 0 Å². The molecule has 1 aromatic carbocycles. The number of benzene rings is 1. The summed E-state index contributed by atoms with van der Waals surface area (Å²) in [5.74, 6) is 0. The maximum atomic E-state index is 11.1. The van der Waals surface area contributed by atoms with Crippen LogP contribution >= 0.6 is 0 Å². The number of hydrogen-bond donors (Lipinski definition) is 0. The highest BCUT2D eigenvalue weighted by atomic mass is 32.2. The quantitative estimate of drug-likeness (QED) is 0.242.